The summed E-state index contributed by atoms with van der Waals surface area (Å²) < 4.78 is 0. The van der Waals surface area contributed by atoms with Crippen LogP contribution in [-0.2, 0) is 0 Å². The molecular formula is C18H14N4O3S2. The maximum Gasteiger partial charge on any atom is 0.269 e. The van der Waals surface area contributed by atoms with Crippen molar-refractivity contribution in [3.63, 3.8) is 0 Å². The van der Waals surface area contributed by atoms with Crippen LogP contribution in [0.1, 0.15) is 15.9 Å². The molecule has 9 heteroatoms. The van der Waals surface area contributed by atoms with Gasteiger partial charge in [0, 0.05) is 28.6 Å². The van der Waals surface area contributed by atoms with Gasteiger partial charge < -0.3 is 5.32 Å². The van der Waals surface area contributed by atoms with Crippen LogP contribution in [0, 0.1) is 17.0 Å². The molecule has 0 saturated heterocycles. The van der Waals surface area contributed by atoms with Gasteiger partial charge in [-0.05, 0) is 43.4 Å². The molecule has 0 fully saturated rings. The number of thiocarbonyl (C=S) groups is 1. The van der Waals surface area contributed by atoms with E-state index in [4.69, 9.17) is 12.2 Å². The Hall–Kier alpha value is -3.17. The Bertz CT molecular complexity index is 998. The average molecular weight is 398 g/mol. The summed E-state index contributed by atoms with van der Waals surface area (Å²) in [5.41, 5.74) is 3.00. The number of amides is 1. The Morgan fingerprint density at radius 1 is 1.15 bits per heavy atom. The molecule has 1 heterocycles. The van der Waals surface area contributed by atoms with Gasteiger partial charge in [-0.25, -0.2) is 4.98 Å². The third-order valence-corrected chi connectivity index (χ3v) is 4.60. The summed E-state index contributed by atoms with van der Waals surface area (Å²) in [4.78, 5) is 26.8. The molecule has 0 atom stereocenters. The predicted octanol–water partition coefficient (Wildman–Crippen LogP) is 4.15. The number of carbonyl (C=O) groups excluding carboxylic acids is 1. The number of benzene rings is 2. The highest BCUT2D eigenvalue weighted by molar-refractivity contribution is 7.80. The zero-order chi connectivity index (χ0) is 19.4. The molecule has 1 amide bonds. The standard InChI is InChI=1S/C18H14N4O3S2/c1-11-2-4-13(5-3-11)16(23)20-17(26)21-18-19-15(10-27-18)12-6-8-14(9-7-12)22(24)25/h2-10H,1H3,(H2,19,20,21,23,26). The van der Waals surface area contributed by atoms with Gasteiger partial charge in [-0.1, -0.05) is 17.7 Å². The summed E-state index contributed by atoms with van der Waals surface area (Å²) in [5, 5.41) is 18.6. The van der Waals surface area contributed by atoms with Gasteiger partial charge in [0.05, 0.1) is 10.6 Å². The van der Waals surface area contributed by atoms with E-state index < -0.39 is 4.92 Å². The molecule has 0 radical (unpaired) electrons. The minimum Gasteiger partial charge on any atom is -0.308 e. The third-order valence-electron chi connectivity index (χ3n) is 3.64. The van der Waals surface area contributed by atoms with E-state index in [1.165, 1.54) is 23.5 Å². The zero-order valence-corrected chi connectivity index (χ0v) is 15.8. The fraction of sp³-hybridized carbons (Fsp3) is 0.0556. The second-order valence-corrected chi connectivity index (χ2v) is 6.88. The highest BCUT2D eigenvalue weighted by Gasteiger charge is 2.11. The molecule has 0 spiro atoms. The number of rotatable bonds is 4. The van der Waals surface area contributed by atoms with Crippen LogP contribution >= 0.6 is 23.6 Å². The molecule has 136 valence electrons. The monoisotopic (exact) mass is 398 g/mol. The van der Waals surface area contributed by atoms with Gasteiger partial charge in [-0.15, -0.1) is 11.3 Å². The number of hydrogen-bond acceptors (Lipinski definition) is 6. The van der Waals surface area contributed by atoms with Crippen LogP contribution in [0.3, 0.4) is 0 Å². The Kier molecular flexibility index (Phi) is 5.53. The fourth-order valence-corrected chi connectivity index (χ4v) is 3.20. The lowest BCUT2D eigenvalue weighted by molar-refractivity contribution is -0.384. The summed E-state index contributed by atoms with van der Waals surface area (Å²) in [7, 11) is 0. The number of nitro groups is 1. The highest BCUT2D eigenvalue weighted by Crippen LogP contribution is 2.26. The van der Waals surface area contributed by atoms with E-state index in [1.807, 2.05) is 19.1 Å². The molecule has 0 bridgehead atoms. The van der Waals surface area contributed by atoms with Crippen molar-refractivity contribution < 1.29 is 9.72 Å². The zero-order valence-electron chi connectivity index (χ0n) is 14.1. The Morgan fingerprint density at radius 3 is 2.44 bits per heavy atom. The van der Waals surface area contributed by atoms with Crippen molar-refractivity contribution >= 4 is 45.4 Å². The van der Waals surface area contributed by atoms with Gasteiger partial charge >= 0.3 is 0 Å². The van der Waals surface area contributed by atoms with Crippen molar-refractivity contribution in [3.8, 4) is 11.3 Å². The number of aryl methyl sites for hydroxylation is 1. The number of aromatic nitrogens is 1. The smallest absolute Gasteiger partial charge is 0.269 e. The van der Waals surface area contributed by atoms with E-state index in [2.05, 4.69) is 15.6 Å². The maximum absolute atomic E-state index is 12.2. The minimum absolute atomic E-state index is 0.0207. The van der Waals surface area contributed by atoms with Crippen molar-refractivity contribution in [1.82, 2.24) is 10.3 Å². The Labute approximate surface area is 164 Å². The first-order valence-corrected chi connectivity index (χ1v) is 9.10. The molecule has 0 unspecified atom stereocenters. The summed E-state index contributed by atoms with van der Waals surface area (Å²) in [5.74, 6) is -0.306. The van der Waals surface area contributed by atoms with Crippen molar-refractivity contribution in [3.05, 3.63) is 75.2 Å². The topological polar surface area (TPSA) is 97.2 Å². The first-order chi connectivity index (χ1) is 12.9. The second kappa shape index (κ2) is 8.02. The molecule has 3 rings (SSSR count). The quantitative estimate of drug-likeness (QED) is 0.389. The Morgan fingerprint density at radius 2 is 1.81 bits per heavy atom. The number of non-ortho nitro benzene ring substituents is 1. The normalized spacial score (nSPS) is 10.3. The van der Waals surface area contributed by atoms with Crippen molar-refractivity contribution in [1.29, 1.82) is 0 Å². The number of hydrogen-bond donors (Lipinski definition) is 2. The van der Waals surface area contributed by atoms with Gasteiger partial charge in [0.15, 0.2) is 10.2 Å². The number of nitrogens with one attached hydrogen (secondary N) is 2. The first kappa shape index (κ1) is 18.6. The number of nitrogens with zero attached hydrogens (tertiary/aromatic N) is 2. The van der Waals surface area contributed by atoms with Crippen LogP contribution in [-0.4, -0.2) is 20.9 Å². The molecule has 0 aliphatic carbocycles. The molecule has 2 N–H and O–H groups in total. The third kappa shape index (κ3) is 4.72. The molecule has 0 aliphatic heterocycles. The lowest BCUT2D eigenvalue weighted by atomic mass is 10.1. The number of nitro benzene ring substituents is 1. The molecule has 27 heavy (non-hydrogen) atoms. The maximum atomic E-state index is 12.2. The van der Waals surface area contributed by atoms with E-state index in [0.29, 0.717) is 16.4 Å². The first-order valence-electron chi connectivity index (χ1n) is 7.82. The lowest BCUT2D eigenvalue weighted by Gasteiger charge is -2.07. The second-order valence-electron chi connectivity index (χ2n) is 5.62. The molecule has 0 aliphatic rings. The van der Waals surface area contributed by atoms with Crippen molar-refractivity contribution in [2.24, 2.45) is 0 Å². The summed E-state index contributed by atoms with van der Waals surface area (Å²) in [6.45, 7) is 1.94. The van der Waals surface area contributed by atoms with E-state index in [-0.39, 0.29) is 16.7 Å². The van der Waals surface area contributed by atoms with E-state index >= 15 is 0 Å². The van der Waals surface area contributed by atoms with Crippen LogP contribution in [0.5, 0.6) is 0 Å². The van der Waals surface area contributed by atoms with Crippen LogP contribution in [0.15, 0.2) is 53.9 Å². The molecule has 7 nitrogen and oxygen atoms in total. The lowest BCUT2D eigenvalue weighted by Crippen LogP contribution is -2.34. The fourth-order valence-electron chi connectivity index (χ4n) is 2.23. The van der Waals surface area contributed by atoms with Crippen molar-refractivity contribution in [2.45, 2.75) is 6.92 Å². The van der Waals surface area contributed by atoms with Crippen molar-refractivity contribution in [2.75, 3.05) is 5.32 Å². The van der Waals surface area contributed by atoms with Gasteiger partial charge in [0.1, 0.15) is 0 Å². The van der Waals surface area contributed by atoms with Crippen LogP contribution < -0.4 is 10.6 Å². The average Bonchev–Trinajstić information content (AvgIpc) is 3.10. The summed E-state index contributed by atoms with van der Waals surface area (Å²) >= 11 is 6.47. The van der Waals surface area contributed by atoms with Gasteiger partial charge in [0.2, 0.25) is 0 Å². The van der Waals surface area contributed by atoms with E-state index in [1.54, 1.807) is 29.6 Å². The van der Waals surface area contributed by atoms with E-state index in [0.717, 1.165) is 11.1 Å². The molecule has 3 aromatic rings. The molecule has 2 aromatic carbocycles. The molecule has 1 aromatic heterocycles. The van der Waals surface area contributed by atoms with Crippen LogP contribution in [0.2, 0.25) is 0 Å². The highest BCUT2D eigenvalue weighted by atomic mass is 32.1. The summed E-state index contributed by atoms with van der Waals surface area (Å²) in [6.07, 6.45) is 0. The minimum atomic E-state index is -0.451. The van der Waals surface area contributed by atoms with Crippen LogP contribution in [0.4, 0.5) is 10.8 Å². The predicted molar refractivity (Wildman–Crippen MR) is 109 cm³/mol. The van der Waals surface area contributed by atoms with Gasteiger partial charge in [-0.2, -0.15) is 0 Å². The summed E-state index contributed by atoms with van der Waals surface area (Å²) in [6, 6.07) is 13.3. The van der Waals surface area contributed by atoms with E-state index in [9.17, 15) is 14.9 Å². The van der Waals surface area contributed by atoms with Crippen LogP contribution in [0.25, 0.3) is 11.3 Å². The van der Waals surface area contributed by atoms with Gasteiger partial charge in [-0.3, -0.25) is 20.2 Å². The van der Waals surface area contributed by atoms with Gasteiger partial charge in [0.25, 0.3) is 11.6 Å². The largest absolute Gasteiger partial charge is 0.308 e. The molecule has 0 saturated carbocycles. The number of anilines is 1. The molecular weight excluding hydrogens is 384 g/mol. The Balaban J connectivity index is 1.63. The number of thiazole rings is 1. The SMILES string of the molecule is Cc1ccc(C(=O)NC(=S)Nc2nc(-c3ccc([N+](=O)[O-])cc3)cs2)cc1. The number of carbonyl (C=O) groups is 1.